The molecule has 2 aliphatic heterocycles. The Bertz CT molecular complexity index is 803. The van der Waals surface area contributed by atoms with Crippen LogP contribution in [0.1, 0.15) is 34.3 Å². The second-order valence-electron chi connectivity index (χ2n) is 7.00. The van der Waals surface area contributed by atoms with Crippen LogP contribution in [-0.4, -0.2) is 53.7 Å². The van der Waals surface area contributed by atoms with E-state index in [2.05, 4.69) is 40.6 Å². The monoisotopic (exact) mass is 395 g/mol. The minimum absolute atomic E-state index is 0.200. The van der Waals surface area contributed by atoms with Crippen LogP contribution in [0.3, 0.4) is 0 Å². The van der Waals surface area contributed by atoms with Crippen molar-refractivity contribution >= 4 is 23.8 Å². The van der Waals surface area contributed by atoms with Crippen LogP contribution in [0.2, 0.25) is 0 Å². The molecule has 29 heavy (non-hydrogen) atoms. The zero-order valence-electron chi connectivity index (χ0n) is 17.2. The Kier molecular flexibility index (Phi) is 8.33. The lowest BCUT2D eigenvalue weighted by Crippen LogP contribution is -2.27. The summed E-state index contributed by atoms with van der Waals surface area (Å²) in [5.74, 6) is 0.529. The van der Waals surface area contributed by atoms with Gasteiger partial charge in [-0.1, -0.05) is 12.6 Å². The van der Waals surface area contributed by atoms with Gasteiger partial charge in [0.05, 0.1) is 0 Å². The summed E-state index contributed by atoms with van der Waals surface area (Å²) in [6.45, 7) is 7.94. The number of fused-ring (bicyclic) bond motifs is 1. The number of anilines is 2. The summed E-state index contributed by atoms with van der Waals surface area (Å²) in [5, 5.41) is 0. The molecule has 2 aliphatic rings. The molecule has 1 fully saturated rings. The van der Waals surface area contributed by atoms with E-state index < -0.39 is 0 Å². The minimum atomic E-state index is 0.200. The summed E-state index contributed by atoms with van der Waals surface area (Å²) in [4.78, 5) is 33.0. The number of aldehydes is 1. The van der Waals surface area contributed by atoms with E-state index in [9.17, 15) is 4.79 Å². The van der Waals surface area contributed by atoms with Gasteiger partial charge in [0.2, 0.25) is 5.95 Å². The molecule has 0 spiro atoms. The standard InChI is InChI=1S/C14H18N2O.C5H7N3.C3H4O/c1-15-9-6-11-4-5-12(10-13(11)15)14(17)16-7-2-3-8-16;1-4-2-7-5(6)8-3-4;1-2-3-4/h4-5,10H,2-3,6-9H2,1H3;2-3H,1H3,(H2,6,7,8);2-3H,1H2. The van der Waals surface area contributed by atoms with Crippen molar-refractivity contribution in [2.45, 2.75) is 26.2 Å². The highest BCUT2D eigenvalue weighted by Gasteiger charge is 2.22. The van der Waals surface area contributed by atoms with E-state index >= 15 is 0 Å². The molecule has 1 aromatic carbocycles. The van der Waals surface area contributed by atoms with E-state index in [0.717, 1.165) is 50.0 Å². The number of amides is 1. The molecule has 1 amide bonds. The minimum Gasteiger partial charge on any atom is -0.374 e. The van der Waals surface area contributed by atoms with Gasteiger partial charge in [-0.15, -0.1) is 0 Å². The number of nitrogen functional groups attached to an aromatic ring is 1. The van der Waals surface area contributed by atoms with Crippen molar-refractivity contribution < 1.29 is 9.59 Å². The van der Waals surface area contributed by atoms with Gasteiger partial charge < -0.3 is 15.5 Å². The number of likely N-dealkylation sites (tertiary alicyclic amines) is 1. The van der Waals surface area contributed by atoms with Crippen LogP contribution in [-0.2, 0) is 11.2 Å². The molecule has 0 radical (unpaired) electrons. The fourth-order valence-corrected chi connectivity index (χ4v) is 3.18. The van der Waals surface area contributed by atoms with Crippen LogP contribution < -0.4 is 10.6 Å². The molecule has 0 bridgehead atoms. The number of carbonyl (C=O) groups is 2. The number of aromatic nitrogens is 2. The zero-order chi connectivity index (χ0) is 21.2. The van der Waals surface area contributed by atoms with Gasteiger partial charge in [0.25, 0.3) is 5.91 Å². The maximum atomic E-state index is 12.3. The molecule has 7 heteroatoms. The summed E-state index contributed by atoms with van der Waals surface area (Å²) >= 11 is 0. The molecular formula is C22H29N5O2. The van der Waals surface area contributed by atoms with Gasteiger partial charge in [-0.3, -0.25) is 9.59 Å². The number of rotatable bonds is 2. The first-order valence-electron chi connectivity index (χ1n) is 9.70. The Hall–Kier alpha value is -3.22. The molecule has 1 saturated heterocycles. The fraction of sp³-hybridized carbons (Fsp3) is 0.364. The molecule has 4 rings (SSSR count). The third-order valence-electron chi connectivity index (χ3n) is 4.75. The van der Waals surface area contributed by atoms with Crippen LogP contribution >= 0.6 is 0 Å². The maximum Gasteiger partial charge on any atom is 0.253 e. The molecule has 3 heterocycles. The molecular weight excluding hydrogens is 366 g/mol. The summed E-state index contributed by atoms with van der Waals surface area (Å²) in [6.07, 6.45) is 8.60. The lowest BCUT2D eigenvalue weighted by atomic mass is 10.1. The summed E-state index contributed by atoms with van der Waals surface area (Å²) < 4.78 is 0. The number of carbonyl (C=O) groups excluding carboxylic acids is 2. The Labute approximate surface area is 172 Å². The number of hydrogen-bond acceptors (Lipinski definition) is 6. The lowest BCUT2D eigenvalue weighted by Gasteiger charge is -2.17. The Morgan fingerprint density at radius 3 is 2.34 bits per heavy atom. The van der Waals surface area contributed by atoms with Gasteiger partial charge in [-0.25, -0.2) is 9.97 Å². The van der Waals surface area contributed by atoms with E-state index in [1.54, 1.807) is 12.4 Å². The Balaban J connectivity index is 0.000000208. The molecule has 2 N–H and O–H groups in total. The van der Waals surface area contributed by atoms with E-state index in [1.807, 2.05) is 17.9 Å². The first-order chi connectivity index (χ1) is 14.0. The number of allylic oxidation sites excluding steroid dienone is 1. The van der Waals surface area contributed by atoms with E-state index in [-0.39, 0.29) is 5.91 Å². The van der Waals surface area contributed by atoms with Crippen molar-refractivity contribution in [3.05, 3.63) is 59.9 Å². The summed E-state index contributed by atoms with van der Waals surface area (Å²) in [6, 6.07) is 6.16. The normalized spacial score (nSPS) is 14.1. The maximum absolute atomic E-state index is 12.3. The number of hydrogen-bond donors (Lipinski definition) is 1. The van der Waals surface area contributed by atoms with Crippen molar-refractivity contribution in [1.29, 1.82) is 0 Å². The van der Waals surface area contributed by atoms with Crippen molar-refractivity contribution in [2.24, 2.45) is 0 Å². The van der Waals surface area contributed by atoms with Crippen LogP contribution in [0.25, 0.3) is 0 Å². The van der Waals surface area contributed by atoms with Gasteiger partial charge in [0.1, 0.15) is 6.29 Å². The van der Waals surface area contributed by atoms with E-state index in [1.165, 1.54) is 17.3 Å². The average Bonchev–Trinajstić information content (AvgIpc) is 3.41. The van der Waals surface area contributed by atoms with Crippen molar-refractivity contribution in [3.63, 3.8) is 0 Å². The van der Waals surface area contributed by atoms with Gasteiger partial charge in [0, 0.05) is 50.3 Å². The number of nitrogens with two attached hydrogens (primary N) is 1. The highest BCUT2D eigenvalue weighted by molar-refractivity contribution is 5.95. The molecule has 154 valence electrons. The first kappa shape index (κ1) is 22.1. The smallest absolute Gasteiger partial charge is 0.253 e. The van der Waals surface area contributed by atoms with Gasteiger partial charge in [-0.2, -0.15) is 0 Å². The molecule has 0 aliphatic carbocycles. The van der Waals surface area contributed by atoms with Crippen molar-refractivity contribution in [1.82, 2.24) is 14.9 Å². The van der Waals surface area contributed by atoms with Crippen LogP contribution in [0.5, 0.6) is 0 Å². The van der Waals surface area contributed by atoms with Crippen molar-refractivity contribution in [2.75, 3.05) is 37.3 Å². The third kappa shape index (κ3) is 6.41. The number of likely N-dealkylation sites (N-methyl/N-ethyl adjacent to an activating group) is 1. The summed E-state index contributed by atoms with van der Waals surface area (Å²) in [7, 11) is 2.09. The zero-order valence-corrected chi connectivity index (χ0v) is 17.2. The third-order valence-corrected chi connectivity index (χ3v) is 4.75. The first-order valence-corrected chi connectivity index (χ1v) is 9.70. The number of nitrogens with zero attached hydrogens (tertiary/aromatic N) is 4. The molecule has 1 aromatic heterocycles. The quantitative estimate of drug-likeness (QED) is 0.621. The molecule has 7 nitrogen and oxygen atoms in total. The molecule has 0 unspecified atom stereocenters. The molecule has 2 aromatic rings. The highest BCUT2D eigenvalue weighted by atomic mass is 16.2. The lowest BCUT2D eigenvalue weighted by molar-refractivity contribution is -0.104. The summed E-state index contributed by atoms with van der Waals surface area (Å²) in [5.41, 5.74) is 9.68. The van der Waals surface area contributed by atoms with Crippen LogP contribution in [0.4, 0.5) is 11.6 Å². The predicted octanol–water partition coefficient (Wildman–Crippen LogP) is 2.65. The van der Waals surface area contributed by atoms with Crippen LogP contribution in [0.15, 0.2) is 43.2 Å². The largest absolute Gasteiger partial charge is 0.374 e. The molecule has 0 atom stereocenters. The van der Waals surface area contributed by atoms with Crippen molar-refractivity contribution in [3.8, 4) is 0 Å². The van der Waals surface area contributed by atoms with Gasteiger partial charge >= 0.3 is 0 Å². The Morgan fingerprint density at radius 1 is 1.17 bits per heavy atom. The predicted molar refractivity (Wildman–Crippen MR) is 116 cm³/mol. The highest BCUT2D eigenvalue weighted by Crippen LogP contribution is 2.28. The topological polar surface area (TPSA) is 92.4 Å². The SMILES string of the molecule is C=CC=O.CN1CCc2ccc(C(=O)N3CCCC3)cc21.Cc1cnc(N)nc1. The second kappa shape index (κ2) is 10.9. The van der Waals surface area contributed by atoms with Gasteiger partial charge in [-0.05, 0) is 55.5 Å². The van der Waals surface area contributed by atoms with Gasteiger partial charge in [0.15, 0.2) is 0 Å². The number of aryl methyl sites for hydroxylation is 1. The van der Waals surface area contributed by atoms with E-state index in [4.69, 9.17) is 10.5 Å². The number of benzene rings is 1. The molecule has 0 saturated carbocycles. The Morgan fingerprint density at radius 2 is 1.79 bits per heavy atom. The fourth-order valence-electron chi connectivity index (χ4n) is 3.18. The average molecular weight is 396 g/mol. The van der Waals surface area contributed by atoms with E-state index in [0.29, 0.717) is 12.2 Å². The van der Waals surface area contributed by atoms with Crippen LogP contribution in [0, 0.1) is 6.92 Å². The second-order valence-corrected chi connectivity index (χ2v) is 7.00.